The van der Waals surface area contributed by atoms with Crippen LogP contribution in [0.3, 0.4) is 0 Å². The molecule has 28 heavy (non-hydrogen) atoms. The smallest absolute Gasteiger partial charge is 0.341 e. The molecule has 2 aromatic rings. The van der Waals surface area contributed by atoms with Gasteiger partial charge in [-0.25, -0.2) is 9.18 Å². The van der Waals surface area contributed by atoms with Gasteiger partial charge in [0, 0.05) is 15.6 Å². The molecule has 1 aliphatic rings. The first-order valence-corrected chi connectivity index (χ1v) is 9.59. The van der Waals surface area contributed by atoms with Crippen LogP contribution >= 0.6 is 27.7 Å². The molecule has 144 valence electrons. The number of benzene rings is 2. The maximum Gasteiger partial charge on any atom is 0.341 e. The van der Waals surface area contributed by atoms with Gasteiger partial charge in [-0.05, 0) is 42.1 Å². The van der Waals surface area contributed by atoms with Crippen molar-refractivity contribution in [3.63, 3.8) is 0 Å². The van der Waals surface area contributed by atoms with Gasteiger partial charge in [0.15, 0.2) is 6.61 Å². The molecule has 1 saturated heterocycles. The van der Waals surface area contributed by atoms with Gasteiger partial charge in [-0.15, -0.1) is 0 Å². The Bertz CT molecular complexity index is 994. The zero-order valence-corrected chi connectivity index (χ0v) is 16.6. The summed E-state index contributed by atoms with van der Waals surface area (Å²) in [5.74, 6) is -1.94. The van der Waals surface area contributed by atoms with Crippen LogP contribution in [0.25, 0.3) is 6.08 Å². The van der Waals surface area contributed by atoms with Crippen LogP contribution in [0.5, 0.6) is 5.75 Å². The summed E-state index contributed by atoms with van der Waals surface area (Å²) in [4.78, 5) is 36.7. The van der Waals surface area contributed by atoms with E-state index >= 15 is 0 Å². The lowest BCUT2D eigenvalue weighted by Gasteiger charge is -2.13. The number of carbonyl (C=O) groups excluding carboxylic acids is 2. The molecule has 3 rings (SSSR count). The first kappa shape index (κ1) is 20.1. The second-order valence-electron chi connectivity index (χ2n) is 5.72. The molecule has 0 spiro atoms. The molecule has 0 saturated carbocycles. The van der Waals surface area contributed by atoms with Gasteiger partial charge < -0.3 is 9.84 Å². The van der Waals surface area contributed by atoms with Crippen molar-refractivity contribution >= 4 is 50.9 Å². The molecule has 1 N–H and O–H groups in total. The van der Waals surface area contributed by atoms with E-state index < -0.39 is 29.5 Å². The summed E-state index contributed by atoms with van der Waals surface area (Å²) in [5.41, 5.74) is 0.672. The van der Waals surface area contributed by atoms with E-state index in [4.69, 9.17) is 9.84 Å². The standard InChI is InChI=1S/C19H13BrFNO5S/c20-13-5-6-15(27-10-17(23)24)12(7-13)8-16-18(25)22(19(26)28-16)9-11-3-1-2-4-14(11)21/h1-8H,9-10H2,(H,23,24)/b16-8-. The lowest BCUT2D eigenvalue weighted by molar-refractivity contribution is -0.139. The van der Waals surface area contributed by atoms with E-state index in [-0.39, 0.29) is 22.8 Å². The number of hydrogen-bond acceptors (Lipinski definition) is 5. The Morgan fingerprint density at radius 1 is 1.25 bits per heavy atom. The summed E-state index contributed by atoms with van der Waals surface area (Å²) in [5, 5.41) is 8.28. The topological polar surface area (TPSA) is 83.9 Å². The Kier molecular flexibility index (Phi) is 6.15. The van der Waals surface area contributed by atoms with Crippen LogP contribution in [-0.4, -0.2) is 33.7 Å². The third kappa shape index (κ3) is 4.60. The minimum Gasteiger partial charge on any atom is -0.481 e. The van der Waals surface area contributed by atoms with Crippen molar-refractivity contribution in [3.05, 3.63) is 68.8 Å². The van der Waals surface area contributed by atoms with Crippen molar-refractivity contribution in [1.29, 1.82) is 0 Å². The van der Waals surface area contributed by atoms with Crippen molar-refractivity contribution in [2.75, 3.05) is 6.61 Å². The number of aliphatic carboxylic acids is 1. The zero-order chi connectivity index (χ0) is 20.3. The Hall–Kier alpha value is -2.65. The second-order valence-corrected chi connectivity index (χ2v) is 7.63. The first-order valence-electron chi connectivity index (χ1n) is 7.98. The van der Waals surface area contributed by atoms with Gasteiger partial charge in [-0.3, -0.25) is 14.5 Å². The van der Waals surface area contributed by atoms with Gasteiger partial charge in [0.05, 0.1) is 11.4 Å². The molecule has 0 aromatic heterocycles. The molecule has 0 bridgehead atoms. The number of nitrogens with zero attached hydrogens (tertiary/aromatic N) is 1. The highest BCUT2D eigenvalue weighted by atomic mass is 79.9. The lowest BCUT2D eigenvalue weighted by atomic mass is 10.1. The zero-order valence-electron chi connectivity index (χ0n) is 14.2. The maximum absolute atomic E-state index is 13.8. The van der Waals surface area contributed by atoms with Crippen molar-refractivity contribution < 1.29 is 28.6 Å². The molecule has 9 heteroatoms. The van der Waals surface area contributed by atoms with E-state index in [1.54, 1.807) is 24.3 Å². The fourth-order valence-electron chi connectivity index (χ4n) is 2.48. The quantitative estimate of drug-likeness (QED) is 0.640. The molecule has 0 aliphatic carbocycles. The number of amides is 2. The fraction of sp³-hybridized carbons (Fsp3) is 0.105. The molecule has 1 heterocycles. The van der Waals surface area contributed by atoms with Crippen LogP contribution in [0.2, 0.25) is 0 Å². The third-order valence-electron chi connectivity index (χ3n) is 3.77. The number of thioether (sulfide) groups is 1. The third-order valence-corrected chi connectivity index (χ3v) is 5.17. The molecule has 2 aromatic carbocycles. The first-order chi connectivity index (χ1) is 13.3. The monoisotopic (exact) mass is 465 g/mol. The highest BCUT2D eigenvalue weighted by Crippen LogP contribution is 2.35. The van der Waals surface area contributed by atoms with Crippen molar-refractivity contribution in [1.82, 2.24) is 4.90 Å². The average Bonchev–Trinajstić information content (AvgIpc) is 2.90. The van der Waals surface area contributed by atoms with Gasteiger partial charge in [-0.2, -0.15) is 0 Å². The molecule has 6 nitrogen and oxygen atoms in total. The number of carboxylic acid groups (broad SMARTS) is 1. The van der Waals surface area contributed by atoms with Crippen LogP contribution in [0.4, 0.5) is 9.18 Å². The van der Waals surface area contributed by atoms with Gasteiger partial charge in [0.25, 0.3) is 11.1 Å². The molecular formula is C19H13BrFNO5S. The van der Waals surface area contributed by atoms with Crippen molar-refractivity contribution in [2.45, 2.75) is 6.54 Å². The van der Waals surface area contributed by atoms with Crippen LogP contribution < -0.4 is 4.74 Å². The van der Waals surface area contributed by atoms with Gasteiger partial charge in [-0.1, -0.05) is 34.1 Å². The number of ether oxygens (including phenoxy) is 1. The van der Waals surface area contributed by atoms with E-state index in [2.05, 4.69) is 15.9 Å². The van der Waals surface area contributed by atoms with Crippen LogP contribution in [0.15, 0.2) is 51.8 Å². The molecule has 0 radical (unpaired) electrons. The predicted molar refractivity (Wildman–Crippen MR) is 105 cm³/mol. The van der Waals surface area contributed by atoms with E-state index in [0.717, 1.165) is 16.7 Å². The average molecular weight is 466 g/mol. The maximum atomic E-state index is 13.8. The fourth-order valence-corrected chi connectivity index (χ4v) is 3.69. The SMILES string of the molecule is O=C(O)COc1ccc(Br)cc1/C=C1\SC(=O)N(Cc2ccccc2F)C1=O. The second kappa shape index (κ2) is 8.57. The van der Waals surface area contributed by atoms with Gasteiger partial charge in [0.2, 0.25) is 0 Å². The van der Waals surface area contributed by atoms with Crippen LogP contribution in [0, 0.1) is 5.82 Å². The Labute approximate surface area is 172 Å². The van der Waals surface area contributed by atoms with E-state index in [9.17, 15) is 18.8 Å². The number of imide groups is 1. The van der Waals surface area contributed by atoms with Crippen molar-refractivity contribution in [3.8, 4) is 5.75 Å². The number of halogens is 2. The largest absolute Gasteiger partial charge is 0.481 e. The highest BCUT2D eigenvalue weighted by molar-refractivity contribution is 9.10. The van der Waals surface area contributed by atoms with Crippen LogP contribution in [-0.2, 0) is 16.1 Å². The molecule has 1 aliphatic heterocycles. The van der Waals surface area contributed by atoms with Gasteiger partial charge in [0.1, 0.15) is 11.6 Å². The van der Waals surface area contributed by atoms with Crippen LogP contribution in [0.1, 0.15) is 11.1 Å². The Morgan fingerprint density at radius 3 is 2.71 bits per heavy atom. The summed E-state index contributed by atoms with van der Waals surface area (Å²) in [6.07, 6.45) is 1.45. The number of carbonyl (C=O) groups is 3. The van der Waals surface area contributed by atoms with Gasteiger partial charge >= 0.3 is 5.97 Å². The normalized spacial score (nSPS) is 15.4. The molecule has 0 atom stereocenters. The minimum absolute atomic E-state index is 0.139. The summed E-state index contributed by atoms with van der Waals surface area (Å²) < 4.78 is 19.8. The highest BCUT2D eigenvalue weighted by Gasteiger charge is 2.35. The summed E-state index contributed by atoms with van der Waals surface area (Å²) in [7, 11) is 0. The van der Waals surface area contributed by atoms with E-state index in [1.165, 1.54) is 24.3 Å². The number of hydrogen-bond donors (Lipinski definition) is 1. The lowest BCUT2D eigenvalue weighted by Crippen LogP contribution is -2.27. The predicted octanol–water partition coefficient (Wildman–Crippen LogP) is 4.29. The Morgan fingerprint density at radius 2 is 2.00 bits per heavy atom. The summed E-state index contributed by atoms with van der Waals surface area (Å²) >= 11 is 4.03. The number of carboxylic acids is 1. The summed E-state index contributed by atoms with van der Waals surface area (Å²) in [6.45, 7) is -0.716. The number of rotatable bonds is 6. The van der Waals surface area contributed by atoms with Crippen molar-refractivity contribution in [2.24, 2.45) is 0 Å². The van der Waals surface area contributed by atoms with E-state index in [1.807, 2.05) is 0 Å². The van der Waals surface area contributed by atoms with E-state index in [0.29, 0.717) is 10.0 Å². The minimum atomic E-state index is -1.14. The molecular weight excluding hydrogens is 453 g/mol. The Balaban J connectivity index is 1.86. The molecule has 2 amide bonds. The summed E-state index contributed by atoms with van der Waals surface area (Å²) in [6, 6.07) is 10.8. The molecule has 0 unspecified atom stereocenters. The molecule has 1 fully saturated rings.